The number of ether oxygens (including phenoxy) is 3. The maximum absolute atomic E-state index is 12.8. The van der Waals surface area contributed by atoms with Crippen LogP contribution >= 0.6 is 0 Å². The SMILES string of the molecule is CC(=O)Nc1ccc(S(=O)(=O)N[C@@H]2CO[C@@H]3[C@@H]2OC[C@H]3OC(=O)NC2CCCCC2)cc1. The Labute approximate surface area is 187 Å². The number of hydrogen-bond acceptors (Lipinski definition) is 7. The molecule has 1 aromatic carbocycles. The van der Waals surface area contributed by atoms with Gasteiger partial charge in [0.1, 0.15) is 12.2 Å². The Bertz CT molecular complexity index is 931. The van der Waals surface area contributed by atoms with Crippen molar-refractivity contribution in [1.82, 2.24) is 10.0 Å². The number of benzene rings is 1. The first kappa shape index (κ1) is 23.0. The van der Waals surface area contributed by atoms with Gasteiger partial charge in [-0.2, -0.15) is 0 Å². The number of carbonyl (C=O) groups excluding carboxylic acids is 2. The van der Waals surface area contributed by atoms with E-state index < -0.39 is 40.5 Å². The standard InChI is InChI=1S/C21H29N3O7S/c1-13(25)22-15-7-9-16(10-8-15)32(27,28)24-17-11-29-20-18(12-30-19(17)20)31-21(26)23-14-5-3-2-4-6-14/h7-10,14,17-20,24H,2-6,11-12H2,1H3,(H,22,25)(H,23,26)/t17-,18-,19-,20+/m1/s1. The summed E-state index contributed by atoms with van der Waals surface area (Å²) in [6, 6.07) is 5.40. The molecule has 2 heterocycles. The van der Waals surface area contributed by atoms with E-state index in [2.05, 4.69) is 15.4 Å². The van der Waals surface area contributed by atoms with Crippen molar-refractivity contribution in [3.8, 4) is 0 Å². The van der Waals surface area contributed by atoms with Gasteiger partial charge < -0.3 is 24.8 Å². The zero-order valence-electron chi connectivity index (χ0n) is 17.9. The minimum Gasteiger partial charge on any atom is -0.441 e. The lowest BCUT2D eigenvalue weighted by Gasteiger charge is -2.24. The first-order valence-corrected chi connectivity index (χ1v) is 12.4. The van der Waals surface area contributed by atoms with Gasteiger partial charge in [-0.15, -0.1) is 0 Å². The minimum absolute atomic E-state index is 0.0627. The zero-order valence-corrected chi connectivity index (χ0v) is 18.7. The van der Waals surface area contributed by atoms with Crippen LogP contribution in [0, 0.1) is 0 Å². The lowest BCUT2D eigenvalue weighted by Crippen LogP contribution is -2.45. The van der Waals surface area contributed by atoms with Gasteiger partial charge in [-0.3, -0.25) is 4.79 Å². The molecule has 4 atom stereocenters. The number of alkyl carbamates (subject to hydrolysis) is 1. The number of hydrogen-bond donors (Lipinski definition) is 3. The number of fused-ring (bicyclic) bond motifs is 1. The van der Waals surface area contributed by atoms with Crippen molar-refractivity contribution in [3.05, 3.63) is 24.3 Å². The summed E-state index contributed by atoms with van der Waals surface area (Å²) in [7, 11) is -3.83. The lowest BCUT2D eigenvalue weighted by atomic mass is 9.96. The van der Waals surface area contributed by atoms with E-state index in [9.17, 15) is 18.0 Å². The van der Waals surface area contributed by atoms with Crippen LogP contribution in [-0.2, 0) is 29.0 Å². The molecule has 3 aliphatic rings. The predicted molar refractivity (Wildman–Crippen MR) is 115 cm³/mol. The largest absolute Gasteiger partial charge is 0.441 e. The molecule has 0 spiro atoms. The van der Waals surface area contributed by atoms with E-state index in [0.29, 0.717) is 5.69 Å². The van der Waals surface area contributed by atoms with Gasteiger partial charge >= 0.3 is 6.09 Å². The Morgan fingerprint density at radius 3 is 2.38 bits per heavy atom. The molecule has 2 saturated heterocycles. The summed E-state index contributed by atoms with van der Waals surface area (Å²) in [5, 5.41) is 5.49. The van der Waals surface area contributed by atoms with E-state index in [4.69, 9.17) is 14.2 Å². The Kier molecular flexibility index (Phi) is 6.99. The first-order chi connectivity index (χ1) is 15.3. The topological polar surface area (TPSA) is 132 Å². The molecule has 11 heteroatoms. The van der Waals surface area contributed by atoms with E-state index in [1.165, 1.54) is 37.6 Å². The molecule has 1 aromatic rings. The Morgan fingerprint density at radius 2 is 1.69 bits per heavy atom. The Balaban J connectivity index is 1.32. The highest BCUT2D eigenvalue weighted by Crippen LogP contribution is 2.30. The van der Waals surface area contributed by atoms with Gasteiger partial charge in [0.15, 0.2) is 6.10 Å². The maximum Gasteiger partial charge on any atom is 0.407 e. The van der Waals surface area contributed by atoms with E-state index in [-0.39, 0.29) is 30.1 Å². The van der Waals surface area contributed by atoms with Gasteiger partial charge in [-0.05, 0) is 37.1 Å². The molecule has 176 valence electrons. The molecule has 0 aromatic heterocycles. The molecule has 0 radical (unpaired) electrons. The van der Waals surface area contributed by atoms with Crippen LogP contribution in [0.5, 0.6) is 0 Å². The highest BCUT2D eigenvalue weighted by atomic mass is 32.2. The number of sulfonamides is 1. The van der Waals surface area contributed by atoms with Crippen LogP contribution in [0.25, 0.3) is 0 Å². The van der Waals surface area contributed by atoms with Crippen molar-refractivity contribution in [2.45, 2.75) is 74.3 Å². The average Bonchev–Trinajstić information content (AvgIpc) is 3.32. The van der Waals surface area contributed by atoms with Crippen LogP contribution in [0.15, 0.2) is 29.2 Å². The molecular formula is C21H29N3O7S. The number of nitrogens with one attached hydrogen (secondary N) is 3. The summed E-state index contributed by atoms with van der Waals surface area (Å²) in [5.74, 6) is -0.240. The molecule has 3 N–H and O–H groups in total. The summed E-state index contributed by atoms with van der Waals surface area (Å²) in [6.07, 6.45) is 3.15. The third-order valence-corrected chi connectivity index (χ3v) is 7.49. The van der Waals surface area contributed by atoms with Gasteiger partial charge in [0.25, 0.3) is 0 Å². The predicted octanol–water partition coefficient (Wildman–Crippen LogP) is 1.52. The van der Waals surface area contributed by atoms with Gasteiger partial charge in [-0.25, -0.2) is 17.9 Å². The molecule has 3 fully saturated rings. The highest BCUT2D eigenvalue weighted by molar-refractivity contribution is 7.89. The third kappa shape index (κ3) is 5.40. The van der Waals surface area contributed by atoms with Gasteiger partial charge in [0, 0.05) is 18.7 Å². The van der Waals surface area contributed by atoms with Crippen LogP contribution in [0.3, 0.4) is 0 Å². The summed E-state index contributed by atoms with van der Waals surface area (Å²) >= 11 is 0. The maximum atomic E-state index is 12.8. The van der Waals surface area contributed by atoms with Crippen molar-refractivity contribution in [1.29, 1.82) is 0 Å². The molecule has 0 unspecified atom stereocenters. The lowest BCUT2D eigenvalue weighted by molar-refractivity contribution is -0.114. The molecular weight excluding hydrogens is 438 g/mol. The second-order valence-electron chi connectivity index (χ2n) is 8.45. The highest BCUT2D eigenvalue weighted by Gasteiger charge is 2.50. The van der Waals surface area contributed by atoms with Crippen molar-refractivity contribution in [2.24, 2.45) is 0 Å². The molecule has 1 saturated carbocycles. The number of rotatable bonds is 6. The van der Waals surface area contributed by atoms with Crippen LogP contribution in [0.4, 0.5) is 10.5 Å². The first-order valence-electron chi connectivity index (χ1n) is 10.9. The fourth-order valence-corrected chi connectivity index (χ4v) is 5.67. The molecule has 2 amide bonds. The minimum atomic E-state index is -3.83. The molecule has 1 aliphatic carbocycles. The number of anilines is 1. The molecule has 2 aliphatic heterocycles. The molecule has 32 heavy (non-hydrogen) atoms. The van der Waals surface area contributed by atoms with E-state index in [1.54, 1.807) is 0 Å². The van der Waals surface area contributed by atoms with Crippen molar-refractivity contribution >= 4 is 27.7 Å². The average molecular weight is 468 g/mol. The zero-order chi connectivity index (χ0) is 22.7. The second-order valence-corrected chi connectivity index (χ2v) is 10.2. The normalized spacial score (nSPS) is 28.2. The number of amides is 2. The van der Waals surface area contributed by atoms with E-state index in [0.717, 1.165) is 25.7 Å². The summed E-state index contributed by atoms with van der Waals surface area (Å²) in [4.78, 5) is 23.4. The smallest absolute Gasteiger partial charge is 0.407 e. The van der Waals surface area contributed by atoms with E-state index in [1.807, 2.05) is 0 Å². The van der Waals surface area contributed by atoms with Crippen molar-refractivity contribution < 1.29 is 32.2 Å². The summed E-state index contributed by atoms with van der Waals surface area (Å²) in [5.41, 5.74) is 0.506. The van der Waals surface area contributed by atoms with Crippen LogP contribution in [0.2, 0.25) is 0 Å². The van der Waals surface area contributed by atoms with Crippen molar-refractivity contribution in [3.63, 3.8) is 0 Å². The fraction of sp³-hybridized carbons (Fsp3) is 0.619. The quantitative estimate of drug-likeness (QED) is 0.578. The van der Waals surface area contributed by atoms with Crippen LogP contribution < -0.4 is 15.4 Å². The van der Waals surface area contributed by atoms with Crippen molar-refractivity contribution in [2.75, 3.05) is 18.5 Å². The van der Waals surface area contributed by atoms with Crippen LogP contribution in [0.1, 0.15) is 39.0 Å². The molecule has 0 bridgehead atoms. The second kappa shape index (κ2) is 9.74. The van der Waals surface area contributed by atoms with Gasteiger partial charge in [0.2, 0.25) is 15.9 Å². The summed E-state index contributed by atoms with van der Waals surface area (Å²) < 4.78 is 45.2. The van der Waals surface area contributed by atoms with Crippen LogP contribution in [-0.4, -0.2) is 64.0 Å². The van der Waals surface area contributed by atoms with Gasteiger partial charge in [-0.1, -0.05) is 19.3 Å². The summed E-state index contributed by atoms with van der Waals surface area (Å²) in [6.45, 7) is 1.64. The Hall–Kier alpha value is -2.21. The van der Waals surface area contributed by atoms with Gasteiger partial charge in [0.05, 0.1) is 24.2 Å². The monoisotopic (exact) mass is 467 g/mol. The molecule has 10 nitrogen and oxygen atoms in total. The Morgan fingerprint density at radius 1 is 1.00 bits per heavy atom. The molecule has 4 rings (SSSR count). The fourth-order valence-electron chi connectivity index (χ4n) is 4.44. The third-order valence-electron chi connectivity index (χ3n) is 5.99. The number of carbonyl (C=O) groups is 2. The van der Waals surface area contributed by atoms with E-state index >= 15 is 0 Å².